The van der Waals surface area contributed by atoms with Crippen LogP contribution in [-0.2, 0) is 15.4 Å². The molecular formula is C24H26N4O6S. The molecule has 11 heteroatoms. The SMILES string of the molecule is COc1c(NC(=O)c2ccc(C)c(-n3cnc(C(=O)O)c3)c2)cc(C2(C)CC2)cc1NS(C)(=O)=O. The first-order chi connectivity index (χ1) is 16.4. The van der Waals surface area contributed by atoms with E-state index in [1.807, 2.05) is 6.92 Å². The van der Waals surface area contributed by atoms with E-state index in [-0.39, 0.29) is 22.5 Å². The summed E-state index contributed by atoms with van der Waals surface area (Å²) in [5.41, 5.74) is 3.01. The summed E-state index contributed by atoms with van der Waals surface area (Å²) in [5.74, 6) is -1.39. The van der Waals surface area contributed by atoms with Crippen LogP contribution in [0.2, 0.25) is 0 Å². The van der Waals surface area contributed by atoms with Crippen molar-refractivity contribution in [2.24, 2.45) is 0 Å². The zero-order chi connectivity index (χ0) is 25.5. The van der Waals surface area contributed by atoms with Gasteiger partial charge in [-0.15, -0.1) is 0 Å². The average Bonchev–Trinajstić information content (AvgIpc) is 3.33. The van der Waals surface area contributed by atoms with Crippen molar-refractivity contribution in [2.75, 3.05) is 23.4 Å². The lowest BCUT2D eigenvalue weighted by Crippen LogP contribution is -2.17. The summed E-state index contributed by atoms with van der Waals surface area (Å²) < 4.78 is 33.4. The zero-order valence-corrected chi connectivity index (χ0v) is 20.6. The van der Waals surface area contributed by atoms with Gasteiger partial charge in [-0.05, 0) is 60.6 Å². The predicted molar refractivity (Wildman–Crippen MR) is 131 cm³/mol. The molecule has 1 aromatic heterocycles. The van der Waals surface area contributed by atoms with E-state index in [9.17, 15) is 18.0 Å². The van der Waals surface area contributed by atoms with Gasteiger partial charge in [-0.3, -0.25) is 9.52 Å². The normalized spacial score (nSPS) is 14.3. The Balaban J connectivity index is 1.71. The summed E-state index contributed by atoms with van der Waals surface area (Å²) in [4.78, 5) is 28.3. The Morgan fingerprint density at radius 3 is 2.43 bits per heavy atom. The highest BCUT2D eigenvalue weighted by molar-refractivity contribution is 7.92. The molecule has 1 fully saturated rings. The molecular weight excluding hydrogens is 472 g/mol. The molecule has 1 aliphatic rings. The predicted octanol–water partition coefficient (Wildman–Crippen LogP) is 3.56. The van der Waals surface area contributed by atoms with E-state index in [0.717, 1.165) is 30.2 Å². The van der Waals surface area contributed by atoms with Gasteiger partial charge in [-0.2, -0.15) is 0 Å². The van der Waals surface area contributed by atoms with Crippen molar-refractivity contribution in [3.8, 4) is 11.4 Å². The molecule has 184 valence electrons. The third-order valence-electron chi connectivity index (χ3n) is 6.08. The minimum atomic E-state index is -3.59. The number of aryl methyl sites for hydroxylation is 1. The number of hydrogen-bond acceptors (Lipinski definition) is 6. The fraction of sp³-hybridized carbons (Fsp3) is 0.292. The molecule has 1 amide bonds. The van der Waals surface area contributed by atoms with E-state index in [2.05, 4.69) is 21.9 Å². The van der Waals surface area contributed by atoms with Gasteiger partial charge >= 0.3 is 5.97 Å². The molecule has 0 radical (unpaired) electrons. The first kappa shape index (κ1) is 24.3. The fourth-order valence-corrected chi connectivity index (χ4v) is 4.38. The Hall–Kier alpha value is -3.86. The molecule has 35 heavy (non-hydrogen) atoms. The lowest BCUT2D eigenvalue weighted by Gasteiger charge is -2.20. The number of ether oxygens (including phenoxy) is 1. The number of carbonyl (C=O) groups is 2. The van der Waals surface area contributed by atoms with Crippen LogP contribution in [0.5, 0.6) is 5.75 Å². The maximum absolute atomic E-state index is 13.2. The Morgan fingerprint density at radius 2 is 1.86 bits per heavy atom. The first-order valence-corrected chi connectivity index (χ1v) is 12.7. The van der Waals surface area contributed by atoms with Crippen LogP contribution in [0.3, 0.4) is 0 Å². The van der Waals surface area contributed by atoms with E-state index in [1.165, 1.54) is 19.6 Å². The molecule has 3 aromatic rings. The molecule has 10 nitrogen and oxygen atoms in total. The Labute approximate surface area is 203 Å². The number of anilines is 2. The van der Waals surface area contributed by atoms with Crippen molar-refractivity contribution >= 4 is 33.3 Å². The molecule has 0 bridgehead atoms. The number of aromatic nitrogens is 2. The van der Waals surface area contributed by atoms with E-state index in [4.69, 9.17) is 9.84 Å². The highest BCUT2D eigenvalue weighted by Crippen LogP contribution is 2.50. The molecule has 2 aromatic carbocycles. The number of rotatable bonds is 8. The van der Waals surface area contributed by atoms with Crippen LogP contribution in [-0.4, -0.2) is 48.3 Å². The molecule has 4 rings (SSSR count). The van der Waals surface area contributed by atoms with Gasteiger partial charge in [0.15, 0.2) is 11.4 Å². The molecule has 0 spiro atoms. The fourth-order valence-electron chi connectivity index (χ4n) is 3.83. The van der Waals surface area contributed by atoms with Crippen LogP contribution in [0, 0.1) is 6.92 Å². The number of aromatic carboxylic acids is 1. The van der Waals surface area contributed by atoms with Crippen LogP contribution in [0.25, 0.3) is 5.69 Å². The van der Waals surface area contributed by atoms with Gasteiger partial charge < -0.3 is 19.7 Å². The summed E-state index contributed by atoms with van der Waals surface area (Å²) in [5, 5.41) is 12.0. The summed E-state index contributed by atoms with van der Waals surface area (Å²) >= 11 is 0. The Morgan fingerprint density at radius 1 is 1.17 bits per heavy atom. The topological polar surface area (TPSA) is 140 Å². The molecule has 1 heterocycles. The second-order valence-electron chi connectivity index (χ2n) is 8.97. The average molecular weight is 499 g/mol. The smallest absolute Gasteiger partial charge is 0.356 e. The summed E-state index contributed by atoms with van der Waals surface area (Å²) in [6, 6.07) is 8.58. The van der Waals surface area contributed by atoms with Gasteiger partial charge in [0.2, 0.25) is 10.0 Å². The molecule has 1 aliphatic carbocycles. The maximum Gasteiger partial charge on any atom is 0.356 e. The van der Waals surface area contributed by atoms with Crippen LogP contribution in [0.15, 0.2) is 42.9 Å². The molecule has 0 saturated heterocycles. The molecule has 0 unspecified atom stereocenters. The van der Waals surface area contributed by atoms with Crippen molar-refractivity contribution < 1.29 is 27.9 Å². The summed E-state index contributed by atoms with van der Waals surface area (Å²) in [7, 11) is -2.18. The number of nitrogens with one attached hydrogen (secondary N) is 2. The quantitative estimate of drug-likeness (QED) is 0.431. The Bertz CT molecular complexity index is 1440. The second kappa shape index (κ2) is 8.73. The highest BCUT2D eigenvalue weighted by atomic mass is 32.2. The number of benzene rings is 2. The van der Waals surface area contributed by atoms with Gasteiger partial charge in [0.1, 0.15) is 6.33 Å². The van der Waals surface area contributed by atoms with Crippen molar-refractivity contribution in [3.05, 3.63) is 65.2 Å². The van der Waals surface area contributed by atoms with Crippen molar-refractivity contribution in [1.82, 2.24) is 9.55 Å². The van der Waals surface area contributed by atoms with Crippen molar-refractivity contribution in [1.29, 1.82) is 0 Å². The lowest BCUT2D eigenvalue weighted by molar-refractivity contribution is 0.0690. The van der Waals surface area contributed by atoms with Crippen LogP contribution in [0.4, 0.5) is 11.4 Å². The van der Waals surface area contributed by atoms with Crippen LogP contribution >= 0.6 is 0 Å². The molecule has 3 N–H and O–H groups in total. The minimum Gasteiger partial charge on any atom is -0.492 e. The number of nitrogens with zero attached hydrogens (tertiary/aromatic N) is 2. The summed E-state index contributed by atoms with van der Waals surface area (Å²) in [6.07, 6.45) is 5.71. The van der Waals surface area contributed by atoms with Crippen LogP contribution in [0.1, 0.15) is 51.7 Å². The number of methoxy groups -OCH3 is 1. The number of amides is 1. The van der Waals surface area contributed by atoms with Crippen molar-refractivity contribution in [2.45, 2.75) is 32.1 Å². The lowest BCUT2D eigenvalue weighted by atomic mass is 9.96. The number of sulfonamides is 1. The first-order valence-electron chi connectivity index (χ1n) is 10.8. The monoisotopic (exact) mass is 498 g/mol. The van der Waals surface area contributed by atoms with Crippen LogP contribution < -0.4 is 14.8 Å². The minimum absolute atomic E-state index is 0.0972. The molecule has 1 saturated carbocycles. The number of carbonyl (C=O) groups excluding carboxylic acids is 1. The van der Waals surface area contributed by atoms with Gasteiger partial charge in [-0.25, -0.2) is 18.2 Å². The maximum atomic E-state index is 13.2. The van der Waals surface area contributed by atoms with E-state index >= 15 is 0 Å². The van der Waals surface area contributed by atoms with E-state index in [1.54, 1.807) is 34.9 Å². The zero-order valence-electron chi connectivity index (χ0n) is 19.7. The van der Waals surface area contributed by atoms with Gasteiger partial charge in [0, 0.05) is 11.8 Å². The van der Waals surface area contributed by atoms with Gasteiger partial charge in [0.05, 0.1) is 30.4 Å². The van der Waals surface area contributed by atoms with E-state index in [0.29, 0.717) is 16.9 Å². The van der Waals surface area contributed by atoms with E-state index < -0.39 is 21.9 Å². The third-order valence-corrected chi connectivity index (χ3v) is 6.68. The number of carboxylic acid groups (broad SMARTS) is 1. The largest absolute Gasteiger partial charge is 0.492 e. The molecule has 0 atom stereocenters. The van der Waals surface area contributed by atoms with Gasteiger partial charge in [-0.1, -0.05) is 13.0 Å². The molecule has 0 aliphatic heterocycles. The summed E-state index contributed by atoms with van der Waals surface area (Å²) in [6.45, 7) is 3.91. The van der Waals surface area contributed by atoms with Crippen molar-refractivity contribution in [3.63, 3.8) is 0 Å². The van der Waals surface area contributed by atoms with Gasteiger partial charge in [0.25, 0.3) is 5.91 Å². The highest BCUT2D eigenvalue weighted by Gasteiger charge is 2.40. The number of imidazole rings is 1. The third kappa shape index (κ3) is 5.14. The Kier molecular flexibility index (Phi) is 6.05. The number of hydrogen-bond donors (Lipinski definition) is 3. The number of carboxylic acids is 1. The second-order valence-corrected chi connectivity index (χ2v) is 10.7. The standard InChI is InChI=1S/C24H26N4O6S/c1-14-5-6-15(9-20(14)28-12-19(23(30)31)25-13-28)22(29)26-17-10-16(24(2)7-8-24)11-18(21(17)34-3)27-35(4,32)33/h5-6,9-13,27H,7-8H2,1-4H3,(H,26,29)(H,30,31).